The Kier molecular flexibility index (Phi) is 10.6. The second-order valence-corrected chi connectivity index (χ2v) is 12.9. The standard InChI is InChI=1S/C27H30ClF5O4S.ClH/c28-19-6-4-18(5-7-19)16-26-12-13-36-23(10-15-38(34,35)14-3-1-2-11-27(31,32)33)20(26)17-37-25-22(30)9-8-21(29)24(25)26;/h4-9,20,23H,1-3,10-17H2;1H/t20-,23-,26-;/m0./s1. The Bertz CT molecular complexity index is 1220. The number of rotatable bonds is 10. The summed E-state index contributed by atoms with van der Waals surface area (Å²) in [5, 5.41) is 0.542. The fraction of sp³-hybridized carbons (Fsp3) is 0.556. The van der Waals surface area contributed by atoms with Gasteiger partial charge in [0.25, 0.3) is 0 Å². The highest BCUT2D eigenvalue weighted by molar-refractivity contribution is 7.91. The molecule has 1 fully saturated rings. The van der Waals surface area contributed by atoms with Gasteiger partial charge in [0.2, 0.25) is 0 Å². The Labute approximate surface area is 236 Å². The van der Waals surface area contributed by atoms with Crippen molar-refractivity contribution in [2.45, 2.75) is 62.6 Å². The maximum absolute atomic E-state index is 15.3. The molecule has 4 nitrogen and oxygen atoms in total. The molecule has 0 aromatic heterocycles. The zero-order valence-electron chi connectivity index (χ0n) is 21.1. The largest absolute Gasteiger partial charge is 0.490 e. The molecule has 2 aromatic carbocycles. The maximum atomic E-state index is 15.3. The zero-order chi connectivity index (χ0) is 27.6. The van der Waals surface area contributed by atoms with Gasteiger partial charge in [-0.3, -0.25) is 0 Å². The lowest BCUT2D eigenvalue weighted by molar-refractivity contribution is -0.135. The molecule has 2 aliphatic rings. The average molecular weight is 618 g/mol. The number of fused-ring (bicyclic) bond motifs is 3. The van der Waals surface area contributed by atoms with Crippen LogP contribution in [0, 0.1) is 17.6 Å². The summed E-state index contributed by atoms with van der Waals surface area (Å²) in [4.78, 5) is 0. The number of ether oxygens (including phenoxy) is 2. The first-order chi connectivity index (χ1) is 17.9. The number of alkyl halides is 3. The van der Waals surface area contributed by atoms with Crippen LogP contribution < -0.4 is 4.74 Å². The van der Waals surface area contributed by atoms with Crippen molar-refractivity contribution in [1.82, 2.24) is 0 Å². The molecule has 0 unspecified atom stereocenters. The highest BCUT2D eigenvalue weighted by Gasteiger charge is 2.53. The minimum atomic E-state index is -4.25. The van der Waals surface area contributed by atoms with Gasteiger partial charge in [-0.05, 0) is 61.9 Å². The van der Waals surface area contributed by atoms with Gasteiger partial charge in [-0.15, -0.1) is 12.4 Å². The molecule has 0 bridgehead atoms. The molecule has 2 aliphatic heterocycles. The van der Waals surface area contributed by atoms with Gasteiger partial charge >= 0.3 is 6.18 Å². The predicted octanol–water partition coefficient (Wildman–Crippen LogP) is 7.25. The van der Waals surface area contributed by atoms with Crippen LogP contribution in [0.15, 0.2) is 36.4 Å². The molecule has 218 valence electrons. The molecule has 2 heterocycles. The maximum Gasteiger partial charge on any atom is 0.389 e. The summed E-state index contributed by atoms with van der Waals surface area (Å²) in [7, 11) is -3.54. The molecule has 0 saturated carbocycles. The van der Waals surface area contributed by atoms with Gasteiger partial charge in [-0.1, -0.05) is 30.2 Å². The summed E-state index contributed by atoms with van der Waals surface area (Å²) in [5.41, 5.74) is 0.116. The van der Waals surface area contributed by atoms with Crippen LogP contribution in [0.1, 0.15) is 49.7 Å². The fourth-order valence-electron chi connectivity index (χ4n) is 5.72. The molecule has 0 amide bonds. The van der Waals surface area contributed by atoms with Crippen LogP contribution in [0.3, 0.4) is 0 Å². The van der Waals surface area contributed by atoms with E-state index in [2.05, 4.69) is 0 Å². The third-order valence-corrected chi connectivity index (χ3v) is 9.58. The molecule has 0 N–H and O–H groups in total. The molecule has 0 spiro atoms. The Hall–Kier alpha value is -1.62. The second-order valence-electron chi connectivity index (χ2n) is 10.1. The van der Waals surface area contributed by atoms with Crippen LogP contribution in [-0.4, -0.2) is 45.4 Å². The van der Waals surface area contributed by atoms with Gasteiger partial charge in [0, 0.05) is 34.9 Å². The first-order valence-corrected chi connectivity index (χ1v) is 14.8. The molecule has 12 heteroatoms. The SMILES string of the molecule is Cl.O=S(=O)(CCCCCC(F)(F)F)CC[C@@H]1OCC[C@@]2(Cc3ccc(Cl)cc3)c3c(F)ccc(F)c3OC[C@@H]12. The summed E-state index contributed by atoms with van der Waals surface area (Å²) in [6.07, 6.45) is -4.71. The van der Waals surface area contributed by atoms with Crippen LogP contribution in [-0.2, 0) is 26.4 Å². The van der Waals surface area contributed by atoms with Crippen LogP contribution in [0.25, 0.3) is 0 Å². The van der Waals surface area contributed by atoms with Crippen LogP contribution in [0.4, 0.5) is 22.0 Å². The van der Waals surface area contributed by atoms with Gasteiger partial charge in [-0.2, -0.15) is 13.2 Å². The van der Waals surface area contributed by atoms with Crippen LogP contribution >= 0.6 is 24.0 Å². The summed E-state index contributed by atoms with van der Waals surface area (Å²) in [5.74, 6) is -2.25. The van der Waals surface area contributed by atoms with Gasteiger partial charge < -0.3 is 9.47 Å². The minimum absolute atomic E-state index is 0. The van der Waals surface area contributed by atoms with E-state index >= 15 is 4.39 Å². The lowest BCUT2D eigenvalue weighted by Crippen LogP contribution is -2.55. The Morgan fingerprint density at radius 2 is 1.67 bits per heavy atom. The number of sulfone groups is 1. The van der Waals surface area contributed by atoms with E-state index < -0.39 is 51.5 Å². The minimum Gasteiger partial charge on any atom is -0.490 e. The van der Waals surface area contributed by atoms with Crippen molar-refractivity contribution in [3.8, 4) is 5.75 Å². The Morgan fingerprint density at radius 1 is 0.974 bits per heavy atom. The first-order valence-electron chi connectivity index (χ1n) is 12.6. The highest BCUT2D eigenvalue weighted by atomic mass is 35.5. The highest BCUT2D eigenvalue weighted by Crippen LogP contribution is 2.52. The van der Waals surface area contributed by atoms with E-state index in [1.54, 1.807) is 12.1 Å². The van der Waals surface area contributed by atoms with Crippen molar-refractivity contribution in [2.24, 2.45) is 5.92 Å². The van der Waals surface area contributed by atoms with E-state index in [9.17, 15) is 26.0 Å². The molecule has 0 radical (unpaired) electrons. The predicted molar refractivity (Wildman–Crippen MR) is 142 cm³/mol. The molecule has 0 aliphatic carbocycles. The molecule has 3 atom stereocenters. The molecular formula is C27H31Cl2F5O4S. The summed E-state index contributed by atoms with van der Waals surface area (Å²) in [6, 6.07) is 9.22. The van der Waals surface area contributed by atoms with Gasteiger partial charge in [0.05, 0.1) is 24.2 Å². The van der Waals surface area contributed by atoms with Gasteiger partial charge in [-0.25, -0.2) is 17.2 Å². The van der Waals surface area contributed by atoms with Gasteiger partial charge in [0.15, 0.2) is 11.6 Å². The number of hydrogen-bond acceptors (Lipinski definition) is 4. The van der Waals surface area contributed by atoms with E-state index in [-0.39, 0.29) is 74.1 Å². The smallest absolute Gasteiger partial charge is 0.389 e. The van der Waals surface area contributed by atoms with Crippen LogP contribution in [0.5, 0.6) is 5.75 Å². The number of unbranched alkanes of at least 4 members (excludes halogenated alkanes) is 2. The van der Waals surface area contributed by atoms with Crippen molar-refractivity contribution >= 4 is 33.8 Å². The van der Waals surface area contributed by atoms with E-state index in [1.807, 2.05) is 12.1 Å². The van der Waals surface area contributed by atoms with E-state index in [4.69, 9.17) is 21.1 Å². The third-order valence-electron chi connectivity index (χ3n) is 7.56. The van der Waals surface area contributed by atoms with Crippen molar-refractivity contribution in [1.29, 1.82) is 0 Å². The average Bonchev–Trinajstić information content (AvgIpc) is 2.85. The molecule has 4 rings (SSSR count). The first kappa shape index (κ1) is 31.9. The lowest BCUT2D eigenvalue weighted by atomic mass is 9.60. The van der Waals surface area contributed by atoms with Crippen molar-refractivity contribution < 1.29 is 39.8 Å². The number of benzene rings is 2. The van der Waals surface area contributed by atoms with Crippen LogP contribution in [0.2, 0.25) is 5.02 Å². The van der Waals surface area contributed by atoms with Crippen molar-refractivity contribution in [3.05, 3.63) is 64.2 Å². The zero-order valence-corrected chi connectivity index (χ0v) is 23.5. The quantitative estimate of drug-likeness (QED) is 0.208. The monoisotopic (exact) mass is 616 g/mol. The Morgan fingerprint density at radius 3 is 2.36 bits per heavy atom. The summed E-state index contributed by atoms with van der Waals surface area (Å²) >= 11 is 6.04. The third kappa shape index (κ3) is 7.77. The van der Waals surface area contributed by atoms with E-state index in [0.29, 0.717) is 17.9 Å². The number of halogens is 7. The van der Waals surface area contributed by atoms with Crippen molar-refractivity contribution in [3.63, 3.8) is 0 Å². The van der Waals surface area contributed by atoms with E-state index in [1.165, 1.54) is 0 Å². The fourth-order valence-corrected chi connectivity index (χ4v) is 7.28. The lowest BCUT2D eigenvalue weighted by Gasteiger charge is -2.51. The van der Waals surface area contributed by atoms with E-state index in [0.717, 1.165) is 17.7 Å². The summed E-state index contributed by atoms with van der Waals surface area (Å²) in [6.45, 7) is 0.255. The topological polar surface area (TPSA) is 52.6 Å². The molecular weight excluding hydrogens is 586 g/mol. The molecule has 39 heavy (non-hydrogen) atoms. The number of hydrogen-bond donors (Lipinski definition) is 0. The van der Waals surface area contributed by atoms with Crippen molar-refractivity contribution in [2.75, 3.05) is 24.7 Å². The molecule has 1 saturated heterocycles. The normalized spacial score (nSPS) is 22.8. The molecule has 2 aromatic rings. The second kappa shape index (κ2) is 12.9. The van der Waals surface area contributed by atoms with Gasteiger partial charge in [0.1, 0.15) is 15.7 Å². The Balaban J connectivity index is 0.00000420. The summed E-state index contributed by atoms with van der Waals surface area (Å²) < 4.78 is 104.